The molecule has 1 aliphatic rings. The standard InChI is InChI=1S/C2H6N2O3/c5-1-4-2-6-3-7-4/h3,5H,1-2H2. The molecule has 0 amide bonds. The Labute approximate surface area is 40.3 Å². The molecule has 2 N–H and O–H groups in total. The summed E-state index contributed by atoms with van der Waals surface area (Å²) in [5.74, 6) is 0. The van der Waals surface area contributed by atoms with Crippen molar-refractivity contribution in [2.75, 3.05) is 13.5 Å². The molecule has 0 aromatic heterocycles. The number of aliphatic hydroxyl groups is 1. The minimum Gasteiger partial charge on any atom is -0.379 e. The monoisotopic (exact) mass is 106 g/mol. The molecule has 5 heteroatoms. The Morgan fingerprint density at radius 3 is 3.00 bits per heavy atom. The molecule has 0 radical (unpaired) electrons. The van der Waals surface area contributed by atoms with Crippen LogP contribution in [0.1, 0.15) is 0 Å². The first-order chi connectivity index (χ1) is 3.43. The van der Waals surface area contributed by atoms with Crippen molar-refractivity contribution in [2.45, 2.75) is 0 Å². The van der Waals surface area contributed by atoms with Gasteiger partial charge in [0.05, 0.1) is 0 Å². The van der Waals surface area contributed by atoms with E-state index in [2.05, 4.69) is 15.4 Å². The molecule has 0 spiro atoms. The number of aliphatic hydroxyl groups excluding tert-OH is 1. The van der Waals surface area contributed by atoms with Crippen molar-refractivity contribution >= 4 is 0 Å². The van der Waals surface area contributed by atoms with Crippen LogP contribution in [0.2, 0.25) is 0 Å². The molecule has 0 aromatic rings. The topological polar surface area (TPSA) is 54.0 Å². The zero-order chi connectivity index (χ0) is 5.11. The molecule has 0 atom stereocenters. The highest BCUT2D eigenvalue weighted by Crippen LogP contribution is 1.90. The lowest BCUT2D eigenvalue weighted by atomic mass is 11.1. The molecule has 7 heavy (non-hydrogen) atoms. The first kappa shape index (κ1) is 4.95. The largest absolute Gasteiger partial charge is 0.379 e. The van der Waals surface area contributed by atoms with E-state index in [-0.39, 0.29) is 13.5 Å². The number of hydroxylamine groups is 2. The summed E-state index contributed by atoms with van der Waals surface area (Å²) in [6.07, 6.45) is 0. The number of nitrogens with one attached hydrogen (secondary N) is 1. The van der Waals surface area contributed by atoms with Gasteiger partial charge in [0.1, 0.15) is 6.73 Å². The molecule has 5 nitrogen and oxygen atoms in total. The van der Waals surface area contributed by atoms with Gasteiger partial charge in [0.2, 0.25) is 0 Å². The van der Waals surface area contributed by atoms with Gasteiger partial charge in [-0.25, -0.2) is 0 Å². The van der Waals surface area contributed by atoms with Gasteiger partial charge in [-0.2, -0.15) is 4.94 Å². The maximum absolute atomic E-state index is 8.25. The van der Waals surface area contributed by atoms with Gasteiger partial charge in [0.15, 0.2) is 6.73 Å². The lowest BCUT2D eigenvalue weighted by Crippen LogP contribution is -2.19. The van der Waals surface area contributed by atoms with Crippen LogP contribution in [0.3, 0.4) is 0 Å². The summed E-state index contributed by atoms with van der Waals surface area (Å²) in [6.45, 7) is 0.101. The summed E-state index contributed by atoms with van der Waals surface area (Å²) in [4.78, 5) is 8.85. The average molecular weight is 106 g/mol. The van der Waals surface area contributed by atoms with Gasteiger partial charge >= 0.3 is 0 Å². The predicted molar refractivity (Wildman–Crippen MR) is 19.1 cm³/mol. The summed E-state index contributed by atoms with van der Waals surface area (Å²) < 4.78 is 0. The molecule has 0 aliphatic carbocycles. The second-order valence-corrected chi connectivity index (χ2v) is 1.07. The molecule has 1 aliphatic heterocycles. The van der Waals surface area contributed by atoms with Crippen LogP contribution in [0.15, 0.2) is 0 Å². The van der Waals surface area contributed by atoms with E-state index in [1.165, 1.54) is 5.06 Å². The Hall–Kier alpha value is -0.200. The van der Waals surface area contributed by atoms with Gasteiger partial charge in [0.25, 0.3) is 0 Å². The number of rotatable bonds is 1. The maximum Gasteiger partial charge on any atom is 0.151 e. The second-order valence-electron chi connectivity index (χ2n) is 1.07. The van der Waals surface area contributed by atoms with Gasteiger partial charge < -0.3 is 5.11 Å². The molecular formula is C2H6N2O3. The minimum absolute atomic E-state index is 0.160. The summed E-state index contributed by atoms with van der Waals surface area (Å²) in [5.41, 5.74) is 2.09. The van der Waals surface area contributed by atoms with Crippen LogP contribution in [0.25, 0.3) is 0 Å². The number of hydrogen-bond acceptors (Lipinski definition) is 5. The second kappa shape index (κ2) is 2.20. The van der Waals surface area contributed by atoms with Gasteiger partial charge in [-0.15, -0.1) is 5.06 Å². The summed E-state index contributed by atoms with van der Waals surface area (Å²) in [5, 5.41) is 9.46. The highest BCUT2D eigenvalue weighted by atomic mass is 17.0. The number of nitrogens with zero attached hydrogens (tertiary/aromatic N) is 1. The van der Waals surface area contributed by atoms with Crippen molar-refractivity contribution in [2.24, 2.45) is 0 Å². The van der Waals surface area contributed by atoms with Crippen LogP contribution in [-0.4, -0.2) is 23.6 Å². The maximum atomic E-state index is 8.25. The van der Waals surface area contributed by atoms with Crippen LogP contribution in [0.4, 0.5) is 0 Å². The molecule has 0 aromatic carbocycles. The van der Waals surface area contributed by atoms with E-state index in [1.807, 2.05) is 0 Å². The Kier molecular flexibility index (Phi) is 1.55. The van der Waals surface area contributed by atoms with Crippen LogP contribution in [0.5, 0.6) is 0 Å². The van der Waals surface area contributed by atoms with Crippen molar-refractivity contribution in [3.63, 3.8) is 0 Å². The van der Waals surface area contributed by atoms with Crippen molar-refractivity contribution in [3.05, 3.63) is 0 Å². The van der Waals surface area contributed by atoms with Crippen molar-refractivity contribution in [1.82, 2.24) is 10.7 Å². The van der Waals surface area contributed by atoms with E-state index in [4.69, 9.17) is 5.11 Å². The summed E-state index contributed by atoms with van der Waals surface area (Å²) >= 11 is 0. The van der Waals surface area contributed by atoms with Crippen molar-refractivity contribution < 1.29 is 14.9 Å². The van der Waals surface area contributed by atoms with E-state index in [0.717, 1.165) is 0 Å². The van der Waals surface area contributed by atoms with E-state index < -0.39 is 0 Å². The molecule has 0 bridgehead atoms. The number of hydrogen-bond donors (Lipinski definition) is 2. The lowest BCUT2D eigenvalue weighted by Gasteiger charge is -2.01. The molecule has 1 fully saturated rings. The molecule has 42 valence electrons. The van der Waals surface area contributed by atoms with E-state index >= 15 is 0 Å². The zero-order valence-corrected chi connectivity index (χ0v) is 3.63. The Balaban J connectivity index is 2.14. The molecule has 1 heterocycles. The van der Waals surface area contributed by atoms with Gasteiger partial charge in [-0.3, -0.25) is 4.84 Å². The minimum atomic E-state index is -0.160. The highest BCUT2D eigenvalue weighted by Gasteiger charge is 2.09. The van der Waals surface area contributed by atoms with Crippen LogP contribution >= 0.6 is 0 Å². The molecular weight excluding hydrogens is 100 g/mol. The van der Waals surface area contributed by atoms with E-state index in [0.29, 0.717) is 0 Å². The van der Waals surface area contributed by atoms with Gasteiger partial charge in [-0.05, 0) is 0 Å². The smallest absolute Gasteiger partial charge is 0.151 e. The van der Waals surface area contributed by atoms with Gasteiger partial charge in [0, 0.05) is 0 Å². The van der Waals surface area contributed by atoms with Gasteiger partial charge in [-0.1, -0.05) is 5.64 Å². The molecule has 0 saturated carbocycles. The first-order valence-corrected chi connectivity index (χ1v) is 1.83. The molecule has 0 unspecified atom stereocenters. The van der Waals surface area contributed by atoms with Crippen LogP contribution < -0.4 is 5.64 Å². The third-order valence-electron chi connectivity index (χ3n) is 0.592. The van der Waals surface area contributed by atoms with Crippen LogP contribution in [0, 0.1) is 0 Å². The van der Waals surface area contributed by atoms with E-state index in [9.17, 15) is 0 Å². The normalized spacial score (nSPS) is 23.6. The SMILES string of the molecule is OCN1CONO1. The molecule has 1 saturated heterocycles. The summed E-state index contributed by atoms with van der Waals surface area (Å²) in [6, 6.07) is 0. The Morgan fingerprint density at radius 1 is 1.86 bits per heavy atom. The van der Waals surface area contributed by atoms with Crippen LogP contribution in [-0.2, 0) is 9.78 Å². The Morgan fingerprint density at radius 2 is 2.71 bits per heavy atom. The van der Waals surface area contributed by atoms with Crippen molar-refractivity contribution in [1.29, 1.82) is 0 Å². The fourth-order valence-electron chi connectivity index (χ4n) is 0.273. The Bertz CT molecular complexity index is 52.9. The van der Waals surface area contributed by atoms with Crippen molar-refractivity contribution in [3.8, 4) is 0 Å². The fourth-order valence-corrected chi connectivity index (χ4v) is 0.273. The first-order valence-electron chi connectivity index (χ1n) is 1.83. The summed E-state index contributed by atoms with van der Waals surface area (Å²) in [7, 11) is 0. The zero-order valence-electron chi connectivity index (χ0n) is 3.63. The lowest BCUT2D eigenvalue weighted by molar-refractivity contribution is -0.207. The fraction of sp³-hybridized carbons (Fsp3) is 1.00. The predicted octanol–water partition coefficient (Wildman–Crippen LogP) is -1.42. The average Bonchev–Trinajstić information content (AvgIpc) is 2.14. The highest BCUT2D eigenvalue weighted by molar-refractivity contribution is 4.20. The quantitative estimate of drug-likeness (QED) is 0.429. The van der Waals surface area contributed by atoms with E-state index in [1.54, 1.807) is 0 Å². The molecule has 1 rings (SSSR count). The third kappa shape index (κ3) is 1.08. The third-order valence-corrected chi connectivity index (χ3v) is 0.592.